The molecule has 10 nitrogen and oxygen atoms in total. The molecule has 3 aromatic carbocycles. The van der Waals surface area contributed by atoms with E-state index < -0.39 is 11.5 Å². The standard InChI is InChI=1S/C27H19N5O5/c33-22(13-31-15-28-24-18-5-1-4-8-21(18)37-25(24)27(31)36)29-17-11-9-16(10-12-17)26(35)32-14-23(34)30-19-6-2-3-7-20(19)32/h1-12,15H,13-14H2,(H,29,33)(H,30,34). The lowest BCUT2D eigenvalue weighted by atomic mass is 10.1. The van der Waals surface area contributed by atoms with Crippen molar-refractivity contribution in [2.75, 3.05) is 22.1 Å². The molecule has 0 unspecified atom stereocenters. The Labute approximate surface area is 209 Å². The molecule has 1 aliphatic heterocycles. The Morgan fingerprint density at radius 1 is 0.973 bits per heavy atom. The lowest BCUT2D eigenvalue weighted by Crippen LogP contribution is -2.42. The van der Waals surface area contributed by atoms with E-state index in [4.69, 9.17) is 4.42 Å². The average molecular weight is 493 g/mol. The van der Waals surface area contributed by atoms with Crippen LogP contribution in [0.25, 0.3) is 22.1 Å². The first-order valence-corrected chi connectivity index (χ1v) is 11.5. The molecule has 182 valence electrons. The largest absolute Gasteiger partial charge is 0.448 e. The topological polar surface area (TPSA) is 127 Å². The fraction of sp³-hybridized carbons (Fsp3) is 0.0741. The van der Waals surface area contributed by atoms with Gasteiger partial charge < -0.3 is 15.1 Å². The van der Waals surface area contributed by atoms with Crippen LogP contribution in [0.4, 0.5) is 17.1 Å². The third-order valence-corrected chi connectivity index (χ3v) is 6.10. The van der Waals surface area contributed by atoms with Crippen LogP contribution < -0.4 is 21.1 Å². The van der Waals surface area contributed by atoms with Gasteiger partial charge in [-0.05, 0) is 48.5 Å². The monoisotopic (exact) mass is 493 g/mol. The van der Waals surface area contributed by atoms with Crippen molar-refractivity contribution >= 4 is 56.9 Å². The van der Waals surface area contributed by atoms with Crippen molar-refractivity contribution in [3.8, 4) is 0 Å². The first-order chi connectivity index (χ1) is 18.0. The number of carbonyl (C=O) groups is 3. The van der Waals surface area contributed by atoms with E-state index in [1.54, 1.807) is 60.7 Å². The predicted octanol–water partition coefficient (Wildman–Crippen LogP) is 3.38. The second-order valence-electron chi connectivity index (χ2n) is 8.54. The molecular formula is C27H19N5O5. The van der Waals surface area contributed by atoms with Gasteiger partial charge in [0.2, 0.25) is 17.4 Å². The van der Waals surface area contributed by atoms with Crippen LogP contribution in [-0.4, -0.2) is 33.8 Å². The molecule has 0 fully saturated rings. The van der Waals surface area contributed by atoms with E-state index >= 15 is 0 Å². The van der Waals surface area contributed by atoms with E-state index in [0.717, 1.165) is 5.39 Å². The number of nitrogens with zero attached hydrogens (tertiary/aromatic N) is 3. The molecule has 0 radical (unpaired) electrons. The first kappa shape index (κ1) is 22.2. The minimum Gasteiger partial charge on any atom is -0.448 e. The third-order valence-electron chi connectivity index (χ3n) is 6.10. The highest BCUT2D eigenvalue weighted by Gasteiger charge is 2.27. The number of hydrogen-bond donors (Lipinski definition) is 2. The van der Waals surface area contributed by atoms with E-state index in [9.17, 15) is 19.2 Å². The van der Waals surface area contributed by atoms with Crippen LogP contribution in [0.15, 0.2) is 88.3 Å². The van der Waals surface area contributed by atoms with Crippen LogP contribution in [0.2, 0.25) is 0 Å². The number of furan rings is 1. The summed E-state index contributed by atoms with van der Waals surface area (Å²) in [5, 5.41) is 6.20. The predicted molar refractivity (Wildman–Crippen MR) is 138 cm³/mol. The molecule has 0 atom stereocenters. The number of rotatable bonds is 4. The Morgan fingerprint density at radius 3 is 2.57 bits per heavy atom. The zero-order chi connectivity index (χ0) is 25.5. The second-order valence-corrected chi connectivity index (χ2v) is 8.54. The Balaban J connectivity index is 1.17. The SMILES string of the molecule is O=C(Cn1cnc2c(oc3ccccc32)c1=O)Nc1ccc(C(=O)N2CC(=O)Nc3ccccc32)cc1. The number of carbonyl (C=O) groups excluding carboxylic acids is 3. The van der Waals surface area contributed by atoms with Gasteiger partial charge in [0.1, 0.15) is 24.2 Å². The minimum absolute atomic E-state index is 0.0901. The molecule has 1 aliphatic rings. The Hall–Kier alpha value is -5.25. The molecule has 37 heavy (non-hydrogen) atoms. The van der Waals surface area contributed by atoms with E-state index in [2.05, 4.69) is 15.6 Å². The quantitative estimate of drug-likeness (QED) is 0.395. The number of benzene rings is 3. The lowest BCUT2D eigenvalue weighted by Gasteiger charge is -2.29. The summed E-state index contributed by atoms with van der Waals surface area (Å²) < 4.78 is 6.83. The molecule has 5 aromatic rings. The number of hydrogen-bond acceptors (Lipinski definition) is 6. The van der Waals surface area contributed by atoms with Crippen molar-refractivity contribution in [3.63, 3.8) is 0 Å². The second kappa shape index (κ2) is 8.76. The van der Waals surface area contributed by atoms with Crippen molar-refractivity contribution in [2.24, 2.45) is 0 Å². The summed E-state index contributed by atoms with van der Waals surface area (Å²) in [7, 11) is 0. The van der Waals surface area contributed by atoms with Gasteiger partial charge in [0.05, 0.1) is 17.7 Å². The van der Waals surface area contributed by atoms with Crippen molar-refractivity contribution in [1.29, 1.82) is 0 Å². The molecule has 6 rings (SSSR count). The van der Waals surface area contributed by atoms with Crippen molar-refractivity contribution in [2.45, 2.75) is 6.54 Å². The Bertz CT molecular complexity index is 1770. The van der Waals surface area contributed by atoms with Crippen molar-refractivity contribution in [3.05, 3.63) is 95.0 Å². The number of amides is 3. The van der Waals surface area contributed by atoms with Crippen molar-refractivity contribution < 1.29 is 18.8 Å². The van der Waals surface area contributed by atoms with Gasteiger partial charge in [0, 0.05) is 16.6 Å². The van der Waals surface area contributed by atoms with Gasteiger partial charge in [-0.2, -0.15) is 0 Å². The van der Waals surface area contributed by atoms with Crippen LogP contribution in [-0.2, 0) is 16.1 Å². The van der Waals surface area contributed by atoms with E-state index in [1.807, 2.05) is 12.1 Å². The molecule has 3 amide bonds. The molecule has 2 aromatic heterocycles. The summed E-state index contributed by atoms with van der Waals surface area (Å²) >= 11 is 0. The lowest BCUT2D eigenvalue weighted by molar-refractivity contribution is -0.117. The van der Waals surface area contributed by atoms with E-state index in [0.29, 0.717) is 33.7 Å². The normalized spacial score (nSPS) is 12.9. The minimum atomic E-state index is -0.455. The van der Waals surface area contributed by atoms with Crippen molar-refractivity contribution in [1.82, 2.24) is 9.55 Å². The Kier molecular flexibility index (Phi) is 5.26. The molecular weight excluding hydrogens is 474 g/mol. The highest BCUT2D eigenvalue weighted by atomic mass is 16.3. The summed E-state index contributed by atoms with van der Waals surface area (Å²) in [6.45, 7) is -0.355. The molecule has 0 spiro atoms. The molecule has 0 aliphatic carbocycles. The van der Waals surface area contributed by atoms with Gasteiger partial charge >= 0.3 is 0 Å². The third kappa shape index (κ3) is 4.00. The summed E-state index contributed by atoms with van der Waals surface area (Å²) in [4.78, 5) is 56.3. The summed E-state index contributed by atoms with van der Waals surface area (Å²) in [6, 6.07) is 20.6. The van der Waals surface area contributed by atoms with Crippen LogP contribution in [0.5, 0.6) is 0 Å². The van der Waals surface area contributed by atoms with Crippen LogP contribution in [0, 0.1) is 0 Å². The fourth-order valence-corrected chi connectivity index (χ4v) is 4.35. The first-order valence-electron chi connectivity index (χ1n) is 11.5. The highest BCUT2D eigenvalue weighted by molar-refractivity contribution is 6.15. The maximum atomic E-state index is 13.1. The number of aromatic nitrogens is 2. The van der Waals surface area contributed by atoms with Gasteiger partial charge in [-0.3, -0.25) is 28.6 Å². The van der Waals surface area contributed by atoms with Crippen LogP contribution >= 0.6 is 0 Å². The molecule has 0 saturated carbocycles. The number of anilines is 3. The fourth-order valence-electron chi connectivity index (χ4n) is 4.35. The number of fused-ring (bicyclic) bond motifs is 4. The summed E-state index contributed by atoms with van der Waals surface area (Å²) in [6.07, 6.45) is 1.32. The molecule has 2 N–H and O–H groups in total. The van der Waals surface area contributed by atoms with E-state index in [1.165, 1.54) is 15.8 Å². The molecule has 3 heterocycles. The van der Waals surface area contributed by atoms with E-state index in [-0.39, 0.29) is 30.5 Å². The average Bonchev–Trinajstić information content (AvgIpc) is 3.29. The maximum absolute atomic E-state index is 13.1. The number of para-hydroxylation sites is 3. The van der Waals surface area contributed by atoms with Crippen LogP contribution in [0.3, 0.4) is 0 Å². The summed E-state index contributed by atoms with van der Waals surface area (Å²) in [5.41, 5.74) is 2.63. The highest BCUT2D eigenvalue weighted by Crippen LogP contribution is 2.30. The zero-order valence-electron chi connectivity index (χ0n) is 19.3. The van der Waals surface area contributed by atoms with Gasteiger partial charge in [0.15, 0.2) is 0 Å². The smallest absolute Gasteiger partial charge is 0.297 e. The Morgan fingerprint density at radius 2 is 1.73 bits per heavy atom. The molecule has 0 saturated heterocycles. The maximum Gasteiger partial charge on any atom is 0.297 e. The summed E-state index contributed by atoms with van der Waals surface area (Å²) in [5.74, 6) is -1.06. The van der Waals surface area contributed by atoms with Crippen LogP contribution in [0.1, 0.15) is 10.4 Å². The number of nitrogens with one attached hydrogen (secondary N) is 2. The van der Waals surface area contributed by atoms with Gasteiger partial charge in [-0.25, -0.2) is 4.98 Å². The zero-order valence-corrected chi connectivity index (χ0v) is 19.3. The van der Waals surface area contributed by atoms with Gasteiger partial charge in [-0.15, -0.1) is 0 Å². The molecule has 0 bridgehead atoms. The molecule has 10 heteroatoms. The van der Waals surface area contributed by atoms with Gasteiger partial charge in [-0.1, -0.05) is 24.3 Å². The van der Waals surface area contributed by atoms with Gasteiger partial charge in [0.25, 0.3) is 11.5 Å².